The molecule has 13 heavy (non-hydrogen) atoms. The zero-order chi connectivity index (χ0) is 9.36. The Bertz CT molecular complexity index is 179. The molecule has 0 heterocycles. The molecule has 2 saturated carbocycles. The first-order valence-electron chi connectivity index (χ1n) is 5.74. The first kappa shape index (κ1) is 9.93. The van der Waals surface area contributed by atoms with Gasteiger partial charge in [0.25, 0.3) is 0 Å². The fourth-order valence-corrected chi connectivity index (χ4v) is 3.36. The van der Waals surface area contributed by atoms with Crippen LogP contribution in [0.3, 0.4) is 0 Å². The monoisotopic (exact) mass is 199 g/mol. The second kappa shape index (κ2) is 3.51. The summed E-state index contributed by atoms with van der Waals surface area (Å²) in [4.78, 5) is 0. The van der Waals surface area contributed by atoms with Crippen molar-refractivity contribution in [2.75, 3.05) is 0 Å². The molecule has 0 aromatic rings. The summed E-state index contributed by atoms with van der Waals surface area (Å²) < 4.78 is 0. The Kier molecular flexibility index (Phi) is 2.68. The van der Waals surface area contributed by atoms with Crippen LogP contribution in [0, 0.1) is 0 Å². The summed E-state index contributed by atoms with van der Waals surface area (Å²) >= 11 is 0. The summed E-state index contributed by atoms with van der Waals surface area (Å²) in [6.45, 7) is 0. The van der Waals surface area contributed by atoms with Crippen molar-refractivity contribution in [3.63, 3.8) is 0 Å². The third-order valence-corrected chi connectivity index (χ3v) is 5.18. The van der Waals surface area contributed by atoms with Crippen molar-refractivity contribution in [3.05, 3.63) is 0 Å². The van der Waals surface area contributed by atoms with Gasteiger partial charge < -0.3 is 5.73 Å². The molecule has 2 rings (SSSR count). The molecule has 0 aromatic heterocycles. The van der Waals surface area contributed by atoms with Gasteiger partial charge >= 0.3 is 0 Å². The Morgan fingerprint density at radius 1 is 0.769 bits per heavy atom. The highest BCUT2D eigenvalue weighted by atomic mass is 31.0. The highest BCUT2D eigenvalue weighted by Crippen LogP contribution is 2.53. The maximum Gasteiger partial charge on any atom is 0.0247 e. The molecule has 0 saturated heterocycles. The first-order valence-corrected chi connectivity index (χ1v) is 6.32. The molecule has 1 atom stereocenters. The van der Waals surface area contributed by atoms with E-state index in [9.17, 15) is 0 Å². The number of hydrogen-bond acceptors (Lipinski definition) is 1. The molecule has 2 heteroatoms. The fraction of sp³-hybridized carbons (Fsp3) is 1.00. The van der Waals surface area contributed by atoms with Gasteiger partial charge in [-0.2, -0.15) is 0 Å². The predicted molar refractivity (Wildman–Crippen MR) is 60.9 cm³/mol. The van der Waals surface area contributed by atoms with Crippen LogP contribution in [0.1, 0.15) is 57.8 Å². The molecule has 2 N–H and O–H groups in total. The van der Waals surface area contributed by atoms with Crippen LogP contribution in [-0.2, 0) is 0 Å². The molecule has 0 aliphatic heterocycles. The SMILES string of the molecule is NC1(C2(P)CCCCCCC2)CC1. The average molecular weight is 199 g/mol. The fourth-order valence-electron chi connectivity index (χ4n) is 2.67. The van der Waals surface area contributed by atoms with Gasteiger partial charge in [0.2, 0.25) is 0 Å². The minimum atomic E-state index is 0.203. The van der Waals surface area contributed by atoms with E-state index in [0.29, 0.717) is 5.16 Å². The van der Waals surface area contributed by atoms with Crippen LogP contribution >= 0.6 is 9.24 Å². The Morgan fingerprint density at radius 2 is 1.23 bits per heavy atom. The lowest BCUT2D eigenvalue weighted by Crippen LogP contribution is -2.45. The molecule has 0 amide bonds. The normalized spacial score (nSPS) is 31.8. The van der Waals surface area contributed by atoms with Crippen molar-refractivity contribution in [1.82, 2.24) is 0 Å². The van der Waals surface area contributed by atoms with Gasteiger partial charge in [0.15, 0.2) is 0 Å². The second-order valence-corrected chi connectivity index (χ2v) is 6.19. The average Bonchev–Trinajstić information content (AvgIpc) is 2.78. The van der Waals surface area contributed by atoms with Crippen molar-refractivity contribution in [2.24, 2.45) is 5.73 Å². The van der Waals surface area contributed by atoms with Gasteiger partial charge in [-0.1, -0.05) is 32.1 Å². The summed E-state index contributed by atoms with van der Waals surface area (Å²) in [6, 6.07) is 0. The standard InChI is InChI=1S/C11H22NP/c12-10(8-9-10)11(13)6-4-2-1-3-5-7-11/h1-9,12-13H2. The first-order chi connectivity index (χ1) is 6.16. The van der Waals surface area contributed by atoms with Crippen LogP contribution in [0.25, 0.3) is 0 Å². The van der Waals surface area contributed by atoms with Crippen molar-refractivity contribution >= 4 is 9.24 Å². The predicted octanol–water partition coefficient (Wildman–Crippen LogP) is 2.84. The van der Waals surface area contributed by atoms with E-state index in [2.05, 4.69) is 9.24 Å². The third-order valence-electron chi connectivity index (χ3n) is 4.03. The van der Waals surface area contributed by atoms with Crippen LogP contribution < -0.4 is 5.73 Å². The highest BCUT2D eigenvalue weighted by Gasteiger charge is 2.52. The smallest absolute Gasteiger partial charge is 0.0247 e. The topological polar surface area (TPSA) is 26.0 Å². The van der Waals surface area contributed by atoms with Crippen LogP contribution in [-0.4, -0.2) is 10.7 Å². The maximum atomic E-state index is 6.36. The molecule has 0 bridgehead atoms. The summed E-state index contributed by atoms with van der Waals surface area (Å²) in [6.07, 6.45) is 12.3. The Hall–Kier alpha value is 0.390. The molecule has 76 valence electrons. The molecular formula is C11H22NP. The van der Waals surface area contributed by atoms with E-state index in [1.54, 1.807) is 0 Å². The van der Waals surface area contributed by atoms with Crippen LogP contribution in [0.15, 0.2) is 0 Å². The lowest BCUT2D eigenvalue weighted by atomic mass is 9.83. The zero-order valence-electron chi connectivity index (χ0n) is 8.52. The van der Waals surface area contributed by atoms with E-state index in [-0.39, 0.29) is 5.54 Å². The summed E-state index contributed by atoms with van der Waals surface area (Å²) in [7, 11) is 3.10. The van der Waals surface area contributed by atoms with Crippen molar-refractivity contribution in [3.8, 4) is 0 Å². The van der Waals surface area contributed by atoms with Gasteiger partial charge in [-0.15, -0.1) is 9.24 Å². The molecule has 2 aliphatic rings. The summed E-state index contributed by atoms with van der Waals surface area (Å²) in [5.74, 6) is 0. The highest BCUT2D eigenvalue weighted by molar-refractivity contribution is 7.19. The molecule has 0 aromatic carbocycles. The van der Waals surface area contributed by atoms with Crippen LogP contribution in [0.2, 0.25) is 0 Å². The summed E-state index contributed by atoms with van der Waals surface area (Å²) in [5, 5.41) is 0.396. The minimum Gasteiger partial charge on any atom is -0.324 e. The zero-order valence-corrected chi connectivity index (χ0v) is 9.67. The maximum absolute atomic E-state index is 6.36. The minimum absolute atomic E-state index is 0.203. The lowest BCUT2D eigenvalue weighted by molar-refractivity contribution is 0.348. The molecule has 1 unspecified atom stereocenters. The van der Waals surface area contributed by atoms with E-state index in [1.165, 1.54) is 57.8 Å². The van der Waals surface area contributed by atoms with Gasteiger partial charge in [0.1, 0.15) is 0 Å². The van der Waals surface area contributed by atoms with E-state index >= 15 is 0 Å². The molecule has 2 aliphatic carbocycles. The van der Waals surface area contributed by atoms with E-state index in [1.807, 2.05) is 0 Å². The molecular weight excluding hydrogens is 177 g/mol. The van der Waals surface area contributed by atoms with Crippen LogP contribution in [0.4, 0.5) is 0 Å². The molecule has 0 radical (unpaired) electrons. The largest absolute Gasteiger partial charge is 0.324 e. The third kappa shape index (κ3) is 1.92. The molecule has 0 spiro atoms. The van der Waals surface area contributed by atoms with Gasteiger partial charge in [0, 0.05) is 10.7 Å². The molecule has 2 fully saturated rings. The van der Waals surface area contributed by atoms with Gasteiger partial charge in [0.05, 0.1) is 0 Å². The molecule has 1 nitrogen and oxygen atoms in total. The van der Waals surface area contributed by atoms with Gasteiger partial charge in [-0.25, -0.2) is 0 Å². The quantitative estimate of drug-likeness (QED) is 0.646. The number of rotatable bonds is 1. The second-order valence-electron chi connectivity index (χ2n) is 5.08. The van der Waals surface area contributed by atoms with Gasteiger partial charge in [-0.05, 0) is 25.7 Å². The Balaban J connectivity index is 2.00. The Morgan fingerprint density at radius 3 is 1.69 bits per heavy atom. The Labute approximate surface area is 84.0 Å². The van der Waals surface area contributed by atoms with Crippen molar-refractivity contribution in [1.29, 1.82) is 0 Å². The summed E-state index contributed by atoms with van der Waals surface area (Å²) in [5.41, 5.74) is 6.56. The lowest BCUT2D eigenvalue weighted by Gasteiger charge is -2.37. The van der Waals surface area contributed by atoms with E-state index in [0.717, 1.165) is 0 Å². The number of hydrogen-bond donors (Lipinski definition) is 1. The number of nitrogens with two attached hydrogens (primary N) is 1. The van der Waals surface area contributed by atoms with Crippen molar-refractivity contribution < 1.29 is 0 Å². The van der Waals surface area contributed by atoms with Crippen molar-refractivity contribution in [2.45, 2.75) is 68.5 Å². The van der Waals surface area contributed by atoms with E-state index in [4.69, 9.17) is 5.73 Å². The van der Waals surface area contributed by atoms with Gasteiger partial charge in [-0.3, -0.25) is 0 Å². The van der Waals surface area contributed by atoms with Crippen LogP contribution in [0.5, 0.6) is 0 Å². The van der Waals surface area contributed by atoms with E-state index < -0.39 is 0 Å².